The molecule has 0 unspecified atom stereocenters. The van der Waals surface area contributed by atoms with Crippen LogP contribution in [0, 0.1) is 3.57 Å². The van der Waals surface area contributed by atoms with Crippen LogP contribution in [0.15, 0.2) is 48.5 Å². The summed E-state index contributed by atoms with van der Waals surface area (Å²) >= 11 is 8.04. The van der Waals surface area contributed by atoms with E-state index < -0.39 is 0 Å². The number of hydrogen-bond acceptors (Lipinski definition) is 1. The summed E-state index contributed by atoms with van der Waals surface area (Å²) in [6, 6.07) is 15.0. The lowest BCUT2D eigenvalue weighted by Gasteiger charge is -2.07. The average molecular weight is 372 g/mol. The first-order valence-electron chi connectivity index (χ1n) is 5.44. The Bertz CT molecular complexity index is 571. The van der Waals surface area contributed by atoms with Crippen molar-refractivity contribution in [2.45, 2.75) is 6.54 Å². The lowest BCUT2D eigenvalue weighted by Crippen LogP contribution is -2.23. The quantitative estimate of drug-likeness (QED) is 0.815. The monoisotopic (exact) mass is 371 g/mol. The number of benzene rings is 2. The first-order chi connectivity index (χ1) is 8.66. The van der Waals surface area contributed by atoms with Gasteiger partial charge in [0, 0.05) is 15.1 Å². The Morgan fingerprint density at radius 3 is 2.67 bits per heavy atom. The summed E-state index contributed by atoms with van der Waals surface area (Å²) in [5.74, 6) is -0.0695. The van der Waals surface area contributed by atoms with Crippen LogP contribution in [0.1, 0.15) is 15.9 Å². The molecule has 0 aliphatic rings. The largest absolute Gasteiger partial charge is 0.348 e. The van der Waals surface area contributed by atoms with Gasteiger partial charge in [-0.25, -0.2) is 0 Å². The third kappa shape index (κ3) is 3.46. The second-order valence-electron chi connectivity index (χ2n) is 3.79. The van der Waals surface area contributed by atoms with E-state index in [1.165, 1.54) is 0 Å². The number of carbonyl (C=O) groups is 1. The van der Waals surface area contributed by atoms with Crippen molar-refractivity contribution in [1.82, 2.24) is 5.32 Å². The third-order valence-corrected chi connectivity index (χ3v) is 3.64. The standard InChI is InChI=1S/C14H11ClINO/c15-11-5-3-4-10(8-11)9-17-14(18)12-6-1-2-7-13(12)16/h1-8H,9H2,(H,17,18). The van der Waals surface area contributed by atoms with Crippen LogP contribution < -0.4 is 5.32 Å². The Kier molecular flexibility index (Phi) is 4.60. The third-order valence-electron chi connectivity index (χ3n) is 2.46. The summed E-state index contributed by atoms with van der Waals surface area (Å²) in [6.45, 7) is 0.477. The fourth-order valence-electron chi connectivity index (χ4n) is 1.57. The molecule has 0 atom stereocenters. The Morgan fingerprint density at radius 1 is 1.17 bits per heavy atom. The molecular formula is C14H11ClINO. The van der Waals surface area contributed by atoms with Gasteiger partial charge in [-0.1, -0.05) is 35.9 Å². The molecule has 0 spiro atoms. The number of nitrogens with one attached hydrogen (secondary N) is 1. The normalized spacial score (nSPS) is 10.1. The molecule has 0 saturated heterocycles. The first kappa shape index (κ1) is 13.4. The molecule has 1 amide bonds. The summed E-state index contributed by atoms with van der Waals surface area (Å²) in [7, 11) is 0. The highest BCUT2D eigenvalue weighted by molar-refractivity contribution is 14.1. The van der Waals surface area contributed by atoms with Gasteiger partial charge >= 0.3 is 0 Å². The molecule has 2 aromatic carbocycles. The number of halogens is 2. The molecule has 2 aromatic rings. The van der Waals surface area contributed by atoms with Crippen LogP contribution in [0.2, 0.25) is 5.02 Å². The molecule has 0 aliphatic heterocycles. The lowest BCUT2D eigenvalue weighted by molar-refractivity contribution is 0.0950. The minimum Gasteiger partial charge on any atom is -0.348 e. The zero-order valence-corrected chi connectivity index (χ0v) is 12.4. The van der Waals surface area contributed by atoms with Crippen LogP contribution in [0.5, 0.6) is 0 Å². The molecule has 0 aliphatic carbocycles. The van der Waals surface area contributed by atoms with E-state index in [4.69, 9.17) is 11.6 Å². The zero-order chi connectivity index (χ0) is 13.0. The van der Waals surface area contributed by atoms with E-state index in [1.54, 1.807) is 0 Å². The summed E-state index contributed by atoms with van der Waals surface area (Å²) in [5.41, 5.74) is 1.68. The highest BCUT2D eigenvalue weighted by Gasteiger charge is 2.08. The second kappa shape index (κ2) is 6.20. The zero-order valence-electron chi connectivity index (χ0n) is 9.49. The van der Waals surface area contributed by atoms with Crippen LogP contribution in [-0.2, 0) is 6.54 Å². The Balaban J connectivity index is 2.03. The van der Waals surface area contributed by atoms with Gasteiger partial charge in [0.15, 0.2) is 0 Å². The SMILES string of the molecule is O=C(NCc1cccc(Cl)c1)c1ccccc1I. The van der Waals surface area contributed by atoms with E-state index in [1.807, 2.05) is 48.5 Å². The van der Waals surface area contributed by atoms with E-state index in [0.717, 1.165) is 9.13 Å². The molecule has 1 N–H and O–H groups in total. The molecule has 4 heteroatoms. The van der Waals surface area contributed by atoms with E-state index in [-0.39, 0.29) is 5.91 Å². The van der Waals surface area contributed by atoms with Gasteiger partial charge in [0.1, 0.15) is 0 Å². The summed E-state index contributed by atoms with van der Waals surface area (Å²) in [4.78, 5) is 12.0. The predicted molar refractivity (Wildman–Crippen MR) is 81.8 cm³/mol. The van der Waals surface area contributed by atoms with Gasteiger partial charge in [-0.2, -0.15) is 0 Å². The maximum absolute atomic E-state index is 12.0. The van der Waals surface area contributed by atoms with Gasteiger partial charge in [-0.15, -0.1) is 0 Å². The molecular weight excluding hydrogens is 361 g/mol. The van der Waals surface area contributed by atoms with Crippen LogP contribution >= 0.6 is 34.2 Å². The molecule has 0 fully saturated rings. The molecule has 0 aromatic heterocycles. The highest BCUT2D eigenvalue weighted by Crippen LogP contribution is 2.13. The van der Waals surface area contributed by atoms with Crippen molar-refractivity contribution >= 4 is 40.1 Å². The van der Waals surface area contributed by atoms with Gasteiger partial charge in [0.05, 0.1) is 5.56 Å². The predicted octanol–water partition coefficient (Wildman–Crippen LogP) is 3.87. The molecule has 2 nitrogen and oxygen atoms in total. The van der Waals surface area contributed by atoms with Gasteiger partial charge in [0.25, 0.3) is 5.91 Å². The van der Waals surface area contributed by atoms with Gasteiger partial charge < -0.3 is 5.32 Å². The minimum absolute atomic E-state index is 0.0695. The van der Waals surface area contributed by atoms with Crippen LogP contribution in [0.4, 0.5) is 0 Å². The average Bonchev–Trinajstić information content (AvgIpc) is 2.37. The smallest absolute Gasteiger partial charge is 0.252 e. The molecule has 18 heavy (non-hydrogen) atoms. The van der Waals surface area contributed by atoms with Crippen LogP contribution in [0.3, 0.4) is 0 Å². The van der Waals surface area contributed by atoms with E-state index >= 15 is 0 Å². The molecule has 2 rings (SSSR count). The highest BCUT2D eigenvalue weighted by atomic mass is 127. The van der Waals surface area contributed by atoms with Crippen molar-refractivity contribution in [3.63, 3.8) is 0 Å². The van der Waals surface area contributed by atoms with Crippen LogP contribution in [-0.4, -0.2) is 5.91 Å². The lowest BCUT2D eigenvalue weighted by atomic mass is 10.2. The van der Waals surface area contributed by atoms with Crippen molar-refractivity contribution in [3.05, 3.63) is 68.3 Å². The summed E-state index contributed by atoms with van der Waals surface area (Å²) in [5, 5.41) is 3.56. The summed E-state index contributed by atoms with van der Waals surface area (Å²) < 4.78 is 0.943. The molecule has 0 bridgehead atoms. The van der Waals surface area contributed by atoms with Crippen molar-refractivity contribution in [2.75, 3.05) is 0 Å². The van der Waals surface area contributed by atoms with E-state index in [0.29, 0.717) is 17.1 Å². The summed E-state index contributed by atoms with van der Waals surface area (Å²) in [6.07, 6.45) is 0. The number of amides is 1. The molecule has 0 saturated carbocycles. The Labute approximate surface area is 124 Å². The van der Waals surface area contributed by atoms with Crippen LogP contribution in [0.25, 0.3) is 0 Å². The van der Waals surface area contributed by atoms with E-state index in [9.17, 15) is 4.79 Å². The number of carbonyl (C=O) groups excluding carboxylic acids is 1. The van der Waals surface area contributed by atoms with Gasteiger partial charge in [-0.05, 0) is 52.4 Å². The second-order valence-corrected chi connectivity index (χ2v) is 5.39. The van der Waals surface area contributed by atoms with Crippen molar-refractivity contribution in [2.24, 2.45) is 0 Å². The van der Waals surface area contributed by atoms with E-state index in [2.05, 4.69) is 27.9 Å². The maximum Gasteiger partial charge on any atom is 0.252 e. The number of rotatable bonds is 3. The number of hydrogen-bond donors (Lipinski definition) is 1. The Morgan fingerprint density at radius 2 is 1.94 bits per heavy atom. The molecule has 0 heterocycles. The fourth-order valence-corrected chi connectivity index (χ4v) is 2.42. The molecule has 0 radical (unpaired) electrons. The first-order valence-corrected chi connectivity index (χ1v) is 6.89. The van der Waals surface area contributed by atoms with Crippen molar-refractivity contribution in [1.29, 1.82) is 0 Å². The van der Waals surface area contributed by atoms with Gasteiger partial charge in [-0.3, -0.25) is 4.79 Å². The fraction of sp³-hybridized carbons (Fsp3) is 0.0714. The van der Waals surface area contributed by atoms with Crippen molar-refractivity contribution in [3.8, 4) is 0 Å². The maximum atomic E-state index is 12.0. The molecule has 92 valence electrons. The topological polar surface area (TPSA) is 29.1 Å². The van der Waals surface area contributed by atoms with Gasteiger partial charge in [0.2, 0.25) is 0 Å². The Hall–Kier alpha value is -1.07. The van der Waals surface area contributed by atoms with Crippen molar-refractivity contribution < 1.29 is 4.79 Å². The minimum atomic E-state index is -0.0695.